The third-order valence-corrected chi connectivity index (χ3v) is 5.00. The molecule has 0 aliphatic heterocycles. The summed E-state index contributed by atoms with van der Waals surface area (Å²) in [5, 5.41) is 42.1. The van der Waals surface area contributed by atoms with E-state index in [0.29, 0.717) is 65.8 Å². The summed E-state index contributed by atoms with van der Waals surface area (Å²) in [6, 6.07) is 4.60. The molecule has 0 radical (unpaired) electrons. The second-order valence-electron chi connectivity index (χ2n) is 6.86. The minimum Gasteiger partial charge on any atom is -0.507 e. The van der Waals surface area contributed by atoms with Crippen molar-refractivity contribution in [2.75, 3.05) is 32.8 Å². The molecule has 1 heterocycles. The van der Waals surface area contributed by atoms with Crippen molar-refractivity contribution in [1.29, 1.82) is 0 Å². The smallest absolute Gasteiger partial charge is 0.206 e. The standard InChI is InChI=1S/C20H23N5O4/c21-3-4-23-13-10-16(29)20-18-11(13)9-12-14(27)1-2-15(28)17(12)19(18)24-25(20)7-5-22-6-8-26/h1-2,9-10,22-23,26-28H,3-8,21H2. The zero-order chi connectivity index (χ0) is 20.5. The monoisotopic (exact) mass is 397 g/mol. The molecule has 0 amide bonds. The maximum Gasteiger partial charge on any atom is 0.206 e. The molecular weight excluding hydrogens is 374 g/mol. The molecule has 2 aromatic carbocycles. The van der Waals surface area contributed by atoms with Gasteiger partial charge < -0.3 is 31.7 Å². The average molecular weight is 397 g/mol. The first-order chi connectivity index (χ1) is 14.1. The number of nitrogens with two attached hydrogens (primary N) is 1. The van der Waals surface area contributed by atoms with E-state index in [4.69, 9.17) is 10.8 Å². The van der Waals surface area contributed by atoms with Gasteiger partial charge in [0.05, 0.1) is 18.5 Å². The third-order valence-electron chi connectivity index (χ3n) is 5.00. The van der Waals surface area contributed by atoms with E-state index >= 15 is 0 Å². The normalized spacial score (nSPS) is 13.3. The van der Waals surface area contributed by atoms with Crippen LogP contribution in [0.2, 0.25) is 0 Å². The van der Waals surface area contributed by atoms with Crippen molar-refractivity contribution in [1.82, 2.24) is 20.4 Å². The minimum absolute atomic E-state index is 0.0163. The van der Waals surface area contributed by atoms with Crippen LogP contribution >= 0.6 is 0 Å². The Kier molecular flexibility index (Phi) is 5.10. The highest BCUT2D eigenvalue weighted by Crippen LogP contribution is 2.42. The van der Waals surface area contributed by atoms with Crippen LogP contribution < -0.4 is 16.4 Å². The van der Waals surface area contributed by atoms with Gasteiger partial charge in [0.25, 0.3) is 0 Å². The van der Waals surface area contributed by atoms with E-state index in [1.807, 2.05) is 0 Å². The number of aromatic nitrogens is 2. The van der Waals surface area contributed by atoms with Gasteiger partial charge in [0, 0.05) is 54.3 Å². The highest BCUT2D eigenvalue weighted by molar-refractivity contribution is 6.25. The van der Waals surface area contributed by atoms with Crippen LogP contribution in [0.1, 0.15) is 16.1 Å². The number of hydrogen-bond acceptors (Lipinski definition) is 8. The molecule has 152 valence electrons. The molecule has 1 aliphatic carbocycles. The molecule has 4 rings (SSSR count). The molecule has 1 aliphatic rings. The molecule has 0 fully saturated rings. The van der Waals surface area contributed by atoms with Crippen LogP contribution in [0.15, 0.2) is 24.3 Å². The highest BCUT2D eigenvalue weighted by Gasteiger charge is 2.28. The lowest BCUT2D eigenvalue weighted by atomic mass is 9.92. The number of aliphatic hydroxyl groups excluding tert-OH is 1. The molecule has 29 heavy (non-hydrogen) atoms. The van der Waals surface area contributed by atoms with Crippen LogP contribution in [0.25, 0.3) is 27.4 Å². The number of phenolic OH excluding ortho intramolecular Hbond substituents is 2. The lowest BCUT2D eigenvalue weighted by Gasteiger charge is -2.18. The van der Waals surface area contributed by atoms with Crippen LogP contribution in [0.4, 0.5) is 0 Å². The molecular formula is C20H23N5O4. The topological polar surface area (TPSA) is 146 Å². The van der Waals surface area contributed by atoms with Gasteiger partial charge in [-0.3, -0.25) is 9.48 Å². The number of aromatic hydroxyl groups is 2. The number of allylic oxidation sites excluding steroid dienone is 1. The minimum atomic E-state index is -0.194. The van der Waals surface area contributed by atoms with Crippen LogP contribution in [0, 0.1) is 0 Å². The lowest BCUT2D eigenvalue weighted by molar-refractivity contribution is 0.103. The lowest BCUT2D eigenvalue weighted by Crippen LogP contribution is -2.26. The summed E-state index contributed by atoms with van der Waals surface area (Å²) < 4.78 is 1.61. The van der Waals surface area contributed by atoms with E-state index in [-0.39, 0.29) is 23.9 Å². The van der Waals surface area contributed by atoms with Gasteiger partial charge in [-0.2, -0.15) is 5.10 Å². The average Bonchev–Trinajstić information content (AvgIpc) is 3.09. The Balaban J connectivity index is 1.96. The largest absolute Gasteiger partial charge is 0.507 e. The maximum atomic E-state index is 12.9. The van der Waals surface area contributed by atoms with Crippen molar-refractivity contribution >= 4 is 33.2 Å². The SMILES string of the molecule is NCCNC1=CC(=O)c2c3c1cc1c(O)ccc(O)c1c3nn2CCNCCO. The predicted octanol–water partition coefficient (Wildman–Crippen LogP) is 0.268. The molecule has 1 aromatic heterocycles. The van der Waals surface area contributed by atoms with E-state index in [0.717, 1.165) is 5.56 Å². The van der Waals surface area contributed by atoms with Gasteiger partial charge in [0.1, 0.15) is 22.7 Å². The molecule has 3 aromatic rings. The molecule has 0 saturated carbocycles. The van der Waals surface area contributed by atoms with E-state index < -0.39 is 0 Å². The van der Waals surface area contributed by atoms with Crippen LogP contribution in [-0.4, -0.2) is 63.7 Å². The number of carbonyl (C=O) groups excluding carboxylic acids is 1. The van der Waals surface area contributed by atoms with Crippen molar-refractivity contribution < 1.29 is 20.1 Å². The Hall–Kier alpha value is -3.14. The summed E-state index contributed by atoms with van der Waals surface area (Å²) in [5.74, 6) is -0.190. The zero-order valence-electron chi connectivity index (χ0n) is 15.8. The highest BCUT2D eigenvalue weighted by atomic mass is 16.3. The number of fused-ring (bicyclic) bond motifs is 2. The molecule has 7 N–H and O–H groups in total. The Labute approximate surface area is 166 Å². The fraction of sp³-hybridized carbons (Fsp3) is 0.300. The number of nitrogens with zero attached hydrogens (tertiary/aromatic N) is 2. The fourth-order valence-electron chi connectivity index (χ4n) is 3.74. The molecule has 9 nitrogen and oxygen atoms in total. The molecule has 0 unspecified atom stereocenters. The van der Waals surface area contributed by atoms with Gasteiger partial charge in [0.15, 0.2) is 0 Å². The van der Waals surface area contributed by atoms with E-state index in [1.54, 1.807) is 10.7 Å². The summed E-state index contributed by atoms with van der Waals surface area (Å²) in [7, 11) is 0. The summed E-state index contributed by atoms with van der Waals surface area (Å²) in [6.07, 6.45) is 1.51. The van der Waals surface area contributed by atoms with Crippen molar-refractivity contribution in [3.63, 3.8) is 0 Å². The third kappa shape index (κ3) is 3.19. The first-order valence-corrected chi connectivity index (χ1v) is 9.47. The number of carbonyl (C=O) groups is 1. The van der Waals surface area contributed by atoms with Crippen molar-refractivity contribution in [3.05, 3.63) is 35.5 Å². The van der Waals surface area contributed by atoms with Crippen molar-refractivity contribution in [2.24, 2.45) is 5.73 Å². The summed E-state index contributed by atoms with van der Waals surface area (Å²) in [6.45, 7) is 2.28. The Morgan fingerprint density at radius 1 is 1.10 bits per heavy atom. The molecule has 0 saturated heterocycles. The first-order valence-electron chi connectivity index (χ1n) is 9.47. The molecule has 0 atom stereocenters. The predicted molar refractivity (Wildman–Crippen MR) is 110 cm³/mol. The van der Waals surface area contributed by atoms with Crippen LogP contribution in [0.5, 0.6) is 11.5 Å². The van der Waals surface area contributed by atoms with E-state index in [1.165, 1.54) is 18.2 Å². The van der Waals surface area contributed by atoms with Crippen molar-refractivity contribution in [2.45, 2.75) is 6.54 Å². The number of ketones is 1. The summed E-state index contributed by atoms with van der Waals surface area (Å²) >= 11 is 0. The maximum absolute atomic E-state index is 12.9. The summed E-state index contributed by atoms with van der Waals surface area (Å²) in [4.78, 5) is 12.9. The van der Waals surface area contributed by atoms with E-state index in [2.05, 4.69) is 15.7 Å². The van der Waals surface area contributed by atoms with Gasteiger partial charge in [-0.1, -0.05) is 0 Å². The second kappa shape index (κ2) is 7.70. The van der Waals surface area contributed by atoms with Gasteiger partial charge in [-0.15, -0.1) is 0 Å². The fourth-order valence-corrected chi connectivity index (χ4v) is 3.74. The van der Waals surface area contributed by atoms with Crippen LogP contribution in [-0.2, 0) is 6.54 Å². The number of benzene rings is 2. The molecule has 0 spiro atoms. The van der Waals surface area contributed by atoms with E-state index in [9.17, 15) is 15.0 Å². The van der Waals surface area contributed by atoms with Gasteiger partial charge >= 0.3 is 0 Å². The Morgan fingerprint density at radius 2 is 1.90 bits per heavy atom. The number of phenols is 2. The second-order valence-corrected chi connectivity index (χ2v) is 6.86. The quantitative estimate of drug-likeness (QED) is 0.235. The van der Waals surface area contributed by atoms with Gasteiger partial charge in [-0.25, -0.2) is 0 Å². The first kappa shape index (κ1) is 19.2. The number of hydrogen-bond donors (Lipinski definition) is 6. The van der Waals surface area contributed by atoms with Gasteiger partial charge in [-0.05, 0) is 18.2 Å². The number of nitrogens with one attached hydrogen (secondary N) is 2. The number of aliphatic hydroxyl groups is 1. The Bertz CT molecular complexity index is 1140. The Morgan fingerprint density at radius 3 is 2.66 bits per heavy atom. The molecule has 9 heteroatoms. The van der Waals surface area contributed by atoms with Gasteiger partial charge in [0.2, 0.25) is 5.78 Å². The molecule has 0 bridgehead atoms. The number of rotatable bonds is 8. The van der Waals surface area contributed by atoms with Crippen LogP contribution in [0.3, 0.4) is 0 Å². The van der Waals surface area contributed by atoms with Crippen molar-refractivity contribution in [3.8, 4) is 11.5 Å². The zero-order valence-corrected chi connectivity index (χ0v) is 15.8. The summed E-state index contributed by atoms with van der Waals surface area (Å²) in [5.41, 5.74) is 7.83.